The highest BCUT2D eigenvalue weighted by molar-refractivity contribution is 5.72. The third kappa shape index (κ3) is 4.16. The zero-order valence-corrected chi connectivity index (χ0v) is 8.84. The molecule has 0 bridgehead atoms. The monoisotopic (exact) mass is 226 g/mol. The van der Waals surface area contributed by atoms with Gasteiger partial charge in [-0.3, -0.25) is 4.79 Å². The van der Waals surface area contributed by atoms with Crippen molar-refractivity contribution in [3.05, 3.63) is 35.7 Å². The molecule has 3 nitrogen and oxygen atoms in total. The largest absolute Gasteiger partial charge is 0.356 e. The van der Waals surface area contributed by atoms with Crippen molar-refractivity contribution < 1.29 is 13.6 Å². The molecular formula is C11H12F2N2O. The first kappa shape index (κ1) is 12.3. The summed E-state index contributed by atoms with van der Waals surface area (Å²) in [6.07, 6.45) is 3.77. The molecule has 1 aromatic rings. The van der Waals surface area contributed by atoms with Crippen molar-refractivity contribution in [1.82, 2.24) is 10.3 Å². The van der Waals surface area contributed by atoms with E-state index in [1.807, 2.05) is 0 Å². The molecule has 1 amide bonds. The summed E-state index contributed by atoms with van der Waals surface area (Å²) < 4.78 is 25.5. The Morgan fingerprint density at radius 1 is 1.50 bits per heavy atom. The molecule has 1 N–H and O–H groups in total. The van der Waals surface area contributed by atoms with Crippen LogP contribution in [0.5, 0.6) is 0 Å². The van der Waals surface area contributed by atoms with E-state index in [9.17, 15) is 13.6 Å². The van der Waals surface area contributed by atoms with Gasteiger partial charge in [-0.25, -0.2) is 0 Å². The molecule has 1 heterocycles. The Morgan fingerprint density at radius 3 is 2.88 bits per heavy atom. The normalized spacial score (nSPS) is 10.7. The van der Waals surface area contributed by atoms with Gasteiger partial charge in [0.1, 0.15) is 0 Å². The van der Waals surface area contributed by atoms with E-state index in [1.165, 1.54) is 19.1 Å². The van der Waals surface area contributed by atoms with Crippen LogP contribution in [-0.4, -0.2) is 17.4 Å². The van der Waals surface area contributed by atoms with Crippen molar-refractivity contribution in [2.45, 2.75) is 13.3 Å². The van der Waals surface area contributed by atoms with E-state index in [0.717, 1.165) is 6.07 Å². The van der Waals surface area contributed by atoms with E-state index < -0.39 is 11.9 Å². The minimum Gasteiger partial charge on any atom is -0.356 e. The van der Waals surface area contributed by atoms with Crippen molar-refractivity contribution in [3.63, 3.8) is 0 Å². The zero-order chi connectivity index (χ0) is 12.0. The maximum absolute atomic E-state index is 13.0. The van der Waals surface area contributed by atoms with Crippen LogP contribution in [0.15, 0.2) is 18.2 Å². The molecule has 0 fully saturated rings. The molecule has 0 aromatic carbocycles. The lowest BCUT2D eigenvalue weighted by atomic mass is 10.2. The van der Waals surface area contributed by atoms with Crippen LogP contribution in [0.2, 0.25) is 0 Å². The molecule has 0 saturated carbocycles. The fraction of sp³-hybridized carbons (Fsp3) is 0.273. The van der Waals surface area contributed by atoms with Crippen molar-refractivity contribution in [1.29, 1.82) is 0 Å². The quantitative estimate of drug-likeness (QED) is 0.629. The van der Waals surface area contributed by atoms with E-state index in [0.29, 0.717) is 13.0 Å². The molecule has 0 unspecified atom stereocenters. The first-order valence-corrected chi connectivity index (χ1v) is 4.82. The van der Waals surface area contributed by atoms with Crippen molar-refractivity contribution in [2.24, 2.45) is 0 Å². The van der Waals surface area contributed by atoms with Gasteiger partial charge in [-0.15, -0.1) is 0 Å². The maximum Gasteiger partial charge on any atom is 0.222 e. The minimum atomic E-state index is -0.840. The summed E-state index contributed by atoms with van der Waals surface area (Å²) >= 11 is 0. The van der Waals surface area contributed by atoms with E-state index in [-0.39, 0.29) is 11.5 Å². The average Bonchev–Trinajstić information content (AvgIpc) is 2.20. The predicted molar refractivity (Wildman–Crippen MR) is 56.5 cm³/mol. The van der Waals surface area contributed by atoms with Crippen molar-refractivity contribution in [3.8, 4) is 0 Å². The van der Waals surface area contributed by atoms with Gasteiger partial charge in [0.15, 0.2) is 0 Å². The lowest BCUT2D eigenvalue weighted by Crippen LogP contribution is -2.20. The Kier molecular flexibility index (Phi) is 4.57. The fourth-order valence-corrected chi connectivity index (χ4v) is 1.09. The van der Waals surface area contributed by atoms with Crippen LogP contribution in [0.1, 0.15) is 18.9 Å². The number of rotatable bonds is 4. The molecule has 0 spiro atoms. The summed E-state index contributed by atoms with van der Waals surface area (Å²) in [5.41, 5.74) is 0.226. The highest BCUT2D eigenvalue weighted by Gasteiger charge is 2.00. The average molecular weight is 226 g/mol. The smallest absolute Gasteiger partial charge is 0.222 e. The van der Waals surface area contributed by atoms with Gasteiger partial charge >= 0.3 is 0 Å². The number of nitrogens with zero attached hydrogens (tertiary/aromatic N) is 1. The lowest BCUT2D eigenvalue weighted by Gasteiger charge is -1.98. The Bertz CT molecular complexity index is 405. The molecule has 0 aliphatic rings. The zero-order valence-electron chi connectivity index (χ0n) is 8.84. The molecule has 1 rings (SSSR count). The number of halogens is 2. The van der Waals surface area contributed by atoms with Crippen LogP contribution in [0.25, 0.3) is 6.08 Å². The van der Waals surface area contributed by atoms with Crippen LogP contribution < -0.4 is 5.32 Å². The van der Waals surface area contributed by atoms with Gasteiger partial charge in [-0.1, -0.05) is 12.2 Å². The Labute approximate surface area is 92.2 Å². The number of hydrogen-bond donors (Lipinski definition) is 1. The number of aromatic nitrogens is 1. The van der Waals surface area contributed by atoms with Crippen LogP contribution in [-0.2, 0) is 4.79 Å². The Morgan fingerprint density at radius 2 is 2.25 bits per heavy atom. The SMILES string of the molecule is CC(=O)NCCC=Cc1ccc(F)nc1F. The third-order valence-electron chi connectivity index (χ3n) is 1.83. The molecule has 86 valence electrons. The van der Waals surface area contributed by atoms with Crippen LogP contribution in [0.3, 0.4) is 0 Å². The molecule has 1 aromatic heterocycles. The summed E-state index contributed by atoms with van der Waals surface area (Å²) in [4.78, 5) is 13.6. The molecule has 0 radical (unpaired) electrons. The molecule has 0 aliphatic carbocycles. The number of hydrogen-bond acceptors (Lipinski definition) is 2. The minimum absolute atomic E-state index is 0.108. The van der Waals surface area contributed by atoms with E-state index in [2.05, 4.69) is 10.3 Å². The van der Waals surface area contributed by atoms with Gasteiger partial charge in [0, 0.05) is 19.0 Å². The summed E-state index contributed by atoms with van der Waals surface area (Å²) in [5.74, 6) is -1.79. The second kappa shape index (κ2) is 5.95. The van der Waals surface area contributed by atoms with Gasteiger partial charge in [0.25, 0.3) is 0 Å². The number of carbonyl (C=O) groups excluding carboxylic acids is 1. The topological polar surface area (TPSA) is 42.0 Å². The van der Waals surface area contributed by atoms with Gasteiger partial charge < -0.3 is 5.32 Å². The van der Waals surface area contributed by atoms with Crippen molar-refractivity contribution in [2.75, 3.05) is 6.54 Å². The summed E-state index contributed by atoms with van der Waals surface area (Å²) in [6, 6.07) is 2.41. The van der Waals surface area contributed by atoms with Gasteiger partial charge in [-0.05, 0) is 18.6 Å². The molecule has 0 aliphatic heterocycles. The van der Waals surface area contributed by atoms with Gasteiger partial charge in [-0.2, -0.15) is 13.8 Å². The Hall–Kier alpha value is -1.78. The second-order valence-electron chi connectivity index (χ2n) is 3.19. The maximum atomic E-state index is 13.0. The highest BCUT2D eigenvalue weighted by atomic mass is 19.1. The summed E-state index contributed by atoms with van der Waals surface area (Å²) in [5, 5.41) is 2.60. The predicted octanol–water partition coefficient (Wildman–Crippen LogP) is 1.90. The van der Waals surface area contributed by atoms with Crippen LogP contribution in [0, 0.1) is 11.9 Å². The third-order valence-corrected chi connectivity index (χ3v) is 1.83. The summed E-state index contributed by atoms with van der Waals surface area (Å²) in [6.45, 7) is 1.91. The first-order valence-electron chi connectivity index (χ1n) is 4.82. The standard InChI is InChI=1S/C11H12F2N2O/c1-8(16)14-7-3-2-4-9-5-6-10(12)15-11(9)13/h2,4-6H,3,7H2,1H3,(H,14,16). The number of pyridine rings is 1. The molecule has 0 atom stereocenters. The molecule has 16 heavy (non-hydrogen) atoms. The highest BCUT2D eigenvalue weighted by Crippen LogP contribution is 2.07. The number of amides is 1. The van der Waals surface area contributed by atoms with E-state index in [1.54, 1.807) is 6.08 Å². The van der Waals surface area contributed by atoms with Crippen LogP contribution in [0.4, 0.5) is 8.78 Å². The number of nitrogens with one attached hydrogen (secondary N) is 1. The summed E-state index contributed by atoms with van der Waals surface area (Å²) in [7, 11) is 0. The molecular weight excluding hydrogens is 214 g/mol. The number of carbonyl (C=O) groups is 1. The molecule has 5 heteroatoms. The first-order chi connectivity index (χ1) is 7.59. The van der Waals surface area contributed by atoms with Gasteiger partial charge in [0.2, 0.25) is 17.8 Å². The van der Waals surface area contributed by atoms with E-state index >= 15 is 0 Å². The van der Waals surface area contributed by atoms with Crippen LogP contribution >= 0.6 is 0 Å². The Balaban J connectivity index is 2.47. The second-order valence-corrected chi connectivity index (χ2v) is 3.19. The lowest BCUT2D eigenvalue weighted by molar-refractivity contribution is -0.118. The molecule has 0 saturated heterocycles. The fourth-order valence-electron chi connectivity index (χ4n) is 1.09. The van der Waals surface area contributed by atoms with E-state index in [4.69, 9.17) is 0 Å². The van der Waals surface area contributed by atoms with Gasteiger partial charge in [0.05, 0.1) is 0 Å². The van der Waals surface area contributed by atoms with Crippen molar-refractivity contribution >= 4 is 12.0 Å².